The highest BCUT2D eigenvalue weighted by atomic mass is 19.1. The summed E-state index contributed by atoms with van der Waals surface area (Å²) in [5.41, 5.74) is 4.39. The molecule has 5 rings (SSSR count). The van der Waals surface area contributed by atoms with Crippen LogP contribution < -0.4 is 10.9 Å². The Bertz CT molecular complexity index is 1710. The van der Waals surface area contributed by atoms with Crippen LogP contribution in [0, 0.1) is 12.7 Å². The number of aliphatic hydroxyl groups excluding tert-OH is 1. The fourth-order valence-corrected chi connectivity index (χ4v) is 4.78. The van der Waals surface area contributed by atoms with E-state index in [1.165, 1.54) is 16.6 Å². The minimum absolute atomic E-state index is 0.125. The summed E-state index contributed by atoms with van der Waals surface area (Å²) in [4.78, 5) is 34.2. The molecule has 1 amide bonds. The van der Waals surface area contributed by atoms with Gasteiger partial charge in [0.25, 0.3) is 11.5 Å². The van der Waals surface area contributed by atoms with Crippen molar-refractivity contribution >= 4 is 22.3 Å². The average molecular weight is 514 g/mol. The number of halogens is 1. The van der Waals surface area contributed by atoms with Crippen LogP contribution in [0.25, 0.3) is 27.7 Å². The van der Waals surface area contributed by atoms with Crippen molar-refractivity contribution in [2.24, 2.45) is 0 Å². The van der Waals surface area contributed by atoms with Crippen LogP contribution in [0.4, 0.5) is 4.39 Å². The van der Waals surface area contributed by atoms with Gasteiger partial charge < -0.3 is 15.4 Å². The van der Waals surface area contributed by atoms with Gasteiger partial charge in [-0.05, 0) is 54.7 Å². The fourth-order valence-electron chi connectivity index (χ4n) is 4.78. The predicted octanol–water partition coefficient (Wildman–Crippen LogP) is 4.66. The molecule has 0 saturated carbocycles. The second kappa shape index (κ2) is 10.2. The molecule has 38 heavy (non-hydrogen) atoms. The molecule has 2 aromatic carbocycles. The molecule has 0 aliphatic carbocycles. The van der Waals surface area contributed by atoms with E-state index >= 15 is 0 Å². The fraction of sp³-hybridized carbons (Fsp3) is 0.241. The normalized spacial score (nSPS) is 12.4. The molecule has 0 saturated heterocycles. The zero-order valence-corrected chi connectivity index (χ0v) is 21.3. The van der Waals surface area contributed by atoms with Gasteiger partial charge in [0, 0.05) is 29.3 Å². The Hall–Kier alpha value is -4.37. The van der Waals surface area contributed by atoms with E-state index in [-0.39, 0.29) is 30.2 Å². The first kappa shape index (κ1) is 25.3. The molecule has 3 N–H and O–H groups in total. The Labute approximate surface area is 218 Å². The van der Waals surface area contributed by atoms with Crippen LogP contribution in [0.5, 0.6) is 0 Å². The summed E-state index contributed by atoms with van der Waals surface area (Å²) in [6, 6.07) is 13.0. The Balaban J connectivity index is 1.57. The van der Waals surface area contributed by atoms with Gasteiger partial charge in [0.05, 0.1) is 23.4 Å². The summed E-state index contributed by atoms with van der Waals surface area (Å²) in [7, 11) is 0. The maximum Gasteiger partial charge on any atom is 0.274 e. The highest BCUT2D eigenvalue weighted by molar-refractivity contribution is 5.96. The molecular weight excluding hydrogens is 485 g/mol. The van der Waals surface area contributed by atoms with E-state index in [0.717, 1.165) is 22.0 Å². The predicted molar refractivity (Wildman–Crippen MR) is 144 cm³/mol. The van der Waals surface area contributed by atoms with Crippen molar-refractivity contribution < 1.29 is 14.3 Å². The largest absolute Gasteiger partial charge is 0.396 e. The number of aryl methyl sites for hydroxylation is 1. The summed E-state index contributed by atoms with van der Waals surface area (Å²) in [5, 5.41) is 18.0. The minimum Gasteiger partial charge on any atom is -0.396 e. The van der Waals surface area contributed by atoms with Gasteiger partial charge >= 0.3 is 0 Å². The third-order valence-electron chi connectivity index (χ3n) is 6.70. The third-order valence-corrected chi connectivity index (χ3v) is 6.70. The Morgan fingerprint density at radius 2 is 1.95 bits per heavy atom. The van der Waals surface area contributed by atoms with E-state index in [9.17, 15) is 19.1 Å². The summed E-state index contributed by atoms with van der Waals surface area (Å²) < 4.78 is 14.9. The summed E-state index contributed by atoms with van der Waals surface area (Å²) in [5.74, 6) is -1.05. The van der Waals surface area contributed by atoms with E-state index < -0.39 is 17.8 Å². The van der Waals surface area contributed by atoms with Gasteiger partial charge in [-0.15, -0.1) is 0 Å². The number of amides is 1. The Morgan fingerprint density at radius 1 is 1.18 bits per heavy atom. The highest BCUT2D eigenvalue weighted by Gasteiger charge is 2.26. The molecule has 9 heteroatoms. The van der Waals surface area contributed by atoms with Crippen molar-refractivity contribution in [2.75, 3.05) is 6.61 Å². The maximum atomic E-state index is 13.5. The van der Waals surface area contributed by atoms with Gasteiger partial charge in [-0.2, -0.15) is 5.10 Å². The lowest BCUT2D eigenvalue weighted by Gasteiger charge is -2.18. The van der Waals surface area contributed by atoms with Gasteiger partial charge in [-0.1, -0.05) is 38.1 Å². The number of nitrogens with one attached hydrogen (secondary N) is 2. The SMILES string of the molecule is Cc1cccc2ncc(-c3cn4nc(C(=O)N[C@H](CCO)c5ccc(F)cc5)c(C(C)C)c4c(=O)[nH]3)cc12. The lowest BCUT2D eigenvalue weighted by molar-refractivity contribution is 0.0923. The molecule has 0 aliphatic heterocycles. The molecule has 3 heterocycles. The zero-order valence-electron chi connectivity index (χ0n) is 21.3. The highest BCUT2D eigenvalue weighted by Crippen LogP contribution is 2.27. The molecule has 0 unspecified atom stereocenters. The van der Waals surface area contributed by atoms with Crippen molar-refractivity contribution in [2.45, 2.75) is 39.2 Å². The van der Waals surface area contributed by atoms with Crippen molar-refractivity contribution in [3.63, 3.8) is 0 Å². The van der Waals surface area contributed by atoms with Crippen LogP contribution in [0.1, 0.15) is 59.4 Å². The maximum absolute atomic E-state index is 13.5. The van der Waals surface area contributed by atoms with Gasteiger partial charge in [0.15, 0.2) is 5.69 Å². The van der Waals surface area contributed by atoms with E-state index in [0.29, 0.717) is 22.3 Å². The molecule has 8 nitrogen and oxygen atoms in total. The minimum atomic E-state index is -0.557. The zero-order chi connectivity index (χ0) is 27.0. The summed E-state index contributed by atoms with van der Waals surface area (Å²) in [6.07, 6.45) is 3.62. The molecule has 0 aliphatic rings. The van der Waals surface area contributed by atoms with E-state index in [1.54, 1.807) is 24.5 Å². The summed E-state index contributed by atoms with van der Waals surface area (Å²) >= 11 is 0. The molecular formula is C29H28FN5O3. The second-order valence-electron chi connectivity index (χ2n) is 9.66. The first-order valence-electron chi connectivity index (χ1n) is 12.4. The molecule has 0 fully saturated rings. The number of rotatable bonds is 7. The number of fused-ring (bicyclic) bond motifs is 2. The number of carbonyl (C=O) groups is 1. The lowest BCUT2D eigenvalue weighted by atomic mass is 10.00. The quantitative estimate of drug-likeness (QED) is 0.293. The molecule has 0 spiro atoms. The number of aliphatic hydroxyl groups is 1. The van der Waals surface area contributed by atoms with Crippen LogP contribution in [0.2, 0.25) is 0 Å². The third kappa shape index (κ3) is 4.68. The van der Waals surface area contributed by atoms with E-state index in [2.05, 4.69) is 20.4 Å². The lowest BCUT2D eigenvalue weighted by Crippen LogP contribution is -2.30. The Kier molecular flexibility index (Phi) is 6.77. The molecule has 0 radical (unpaired) electrons. The van der Waals surface area contributed by atoms with Gasteiger partial charge in [-0.25, -0.2) is 8.91 Å². The number of hydrogen-bond acceptors (Lipinski definition) is 5. The average Bonchev–Trinajstić information content (AvgIpc) is 3.30. The van der Waals surface area contributed by atoms with Crippen LogP contribution in [0.3, 0.4) is 0 Å². The van der Waals surface area contributed by atoms with Crippen molar-refractivity contribution in [1.29, 1.82) is 0 Å². The number of aromatic amines is 1. The number of carbonyl (C=O) groups excluding carboxylic acids is 1. The molecule has 3 aromatic heterocycles. The number of aromatic nitrogens is 4. The van der Waals surface area contributed by atoms with Crippen molar-refractivity contribution in [3.8, 4) is 11.3 Å². The van der Waals surface area contributed by atoms with Gasteiger partial charge in [0.2, 0.25) is 0 Å². The topological polar surface area (TPSA) is 112 Å². The van der Waals surface area contributed by atoms with Crippen LogP contribution >= 0.6 is 0 Å². The number of benzene rings is 2. The molecule has 5 aromatic rings. The number of hydrogen-bond donors (Lipinski definition) is 3. The van der Waals surface area contributed by atoms with Crippen LogP contribution in [-0.4, -0.2) is 37.2 Å². The number of H-pyrrole nitrogens is 1. The number of nitrogens with zero attached hydrogens (tertiary/aromatic N) is 3. The number of pyridine rings is 1. The monoisotopic (exact) mass is 513 g/mol. The molecule has 0 bridgehead atoms. The van der Waals surface area contributed by atoms with Crippen LogP contribution in [0.15, 0.2) is 65.7 Å². The van der Waals surface area contributed by atoms with Crippen LogP contribution in [-0.2, 0) is 0 Å². The molecule has 1 atom stereocenters. The van der Waals surface area contributed by atoms with Gasteiger partial charge in [0.1, 0.15) is 11.3 Å². The first-order valence-corrected chi connectivity index (χ1v) is 12.4. The first-order chi connectivity index (χ1) is 18.3. The van der Waals surface area contributed by atoms with Crippen molar-refractivity contribution in [1.82, 2.24) is 24.9 Å². The van der Waals surface area contributed by atoms with Gasteiger partial charge in [-0.3, -0.25) is 14.6 Å². The standard InChI is InChI=1S/C29H28FN5O3/c1-16(2)25-26(28(37)32-22(11-12-36)18-7-9-20(30)10-8-18)34-35-15-24(33-29(38)27(25)35)19-13-21-17(3)5-4-6-23(21)31-14-19/h4-10,13-16,22,36H,11-12H2,1-3H3,(H,32,37)(H,33,38)/t22-/m1/s1. The van der Waals surface area contributed by atoms with Crippen molar-refractivity contribution in [3.05, 3.63) is 99.5 Å². The Morgan fingerprint density at radius 3 is 2.66 bits per heavy atom. The molecule has 194 valence electrons. The van der Waals surface area contributed by atoms with E-state index in [1.807, 2.05) is 45.0 Å². The summed E-state index contributed by atoms with van der Waals surface area (Å²) in [6.45, 7) is 5.61. The van der Waals surface area contributed by atoms with E-state index in [4.69, 9.17) is 0 Å². The second-order valence-corrected chi connectivity index (χ2v) is 9.66. The smallest absolute Gasteiger partial charge is 0.274 e.